The average molecular weight is 644 g/mol. The maximum absolute atomic E-state index is 13.7. The monoisotopic (exact) mass is 643 g/mol. The Bertz CT molecular complexity index is 1190. The Morgan fingerprint density at radius 1 is 0.935 bits per heavy atom. The second-order valence-corrected chi connectivity index (χ2v) is 13.4. The number of carbonyl (C=O) groups is 4. The molecule has 0 spiro atoms. The number of rotatable bonds is 6. The third-order valence-corrected chi connectivity index (χ3v) is 9.61. The first-order valence-electron chi connectivity index (χ1n) is 16.9. The maximum atomic E-state index is 13.7. The van der Waals surface area contributed by atoms with Crippen LogP contribution in [-0.4, -0.2) is 103 Å². The molecule has 46 heavy (non-hydrogen) atoms. The molecule has 0 saturated carbocycles. The van der Waals surface area contributed by atoms with Gasteiger partial charge in [0.05, 0.1) is 30.9 Å². The lowest BCUT2D eigenvalue weighted by Gasteiger charge is -2.35. The third-order valence-electron chi connectivity index (χ3n) is 9.61. The molecule has 1 aromatic carbocycles. The van der Waals surface area contributed by atoms with E-state index in [4.69, 9.17) is 9.47 Å². The molecule has 256 valence electrons. The van der Waals surface area contributed by atoms with Gasteiger partial charge in [-0.3, -0.25) is 24.1 Å². The van der Waals surface area contributed by atoms with E-state index < -0.39 is 30.3 Å². The molecular formula is C34H53N5O7. The number of likely N-dealkylation sites (tertiary alicyclic amines) is 1. The molecule has 0 aromatic heterocycles. The van der Waals surface area contributed by atoms with Gasteiger partial charge in [-0.25, -0.2) is 0 Å². The van der Waals surface area contributed by atoms with E-state index >= 15 is 0 Å². The molecule has 4 aliphatic heterocycles. The Kier molecular flexibility index (Phi) is 12.8. The van der Waals surface area contributed by atoms with Gasteiger partial charge in [0.15, 0.2) is 0 Å². The number of amides is 4. The molecule has 5 rings (SSSR count). The summed E-state index contributed by atoms with van der Waals surface area (Å²) in [6.45, 7) is 11.4. The summed E-state index contributed by atoms with van der Waals surface area (Å²) < 4.78 is 11.9. The van der Waals surface area contributed by atoms with Crippen LogP contribution in [0.1, 0.15) is 78.2 Å². The molecule has 2 fully saturated rings. The van der Waals surface area contributed by atoms with Gasteiger partial charge in [-0.2, -0.15) is 0 Å². The maximum Gasteiger partial charge on any atom is 0.243 e. The zero-order valence-corrected chi connectivity index (χ0v) is 27.9. The normalized spacial score (nSPS) is 30.3. The molecule has 4 heterocycles. The van der Waals surface area contributed by atoms with Crippen molar-refractivity contribution in [3.63, 3.8) is 0 Å². The lowest BCUT2D eigenvalue weighted by Crippen LogP contribution is -2.58. The van der Waals surface area contributed by atoms with Crippen molar-refractivity contribution in [1.29, 1.82) is 0 Å². The van der Waals surface area contributed by atoms with Crippen molar-refractivity contribution in [1.82, 2.24) is 26.2 Å². The minimum atomic E-state index is -1.08. The fourth-order valence-electron chi connectivity index (χ4n) is 6.49. The zero-order valence-electron chi connectivity index (χ0n) is 27.9. The number of fused-ring (bicyclic) bond motifs is 14. The number of nitrogens with zero attached hydrogens (tertiary/aromatic N) is 1. The molecule has 8 atom stereocenters. The van der Waals surface area contributed by atoms with Crippen LogP contribution in [0.3, 0.4) is 0 Å². The zero-order chi connectivity index (χ0) is 33.4. The standard InChI is InChI=1S/C34H53N5O7/c1-6-21(4)30-33(43)35-14-8-16-46-25-17-26(32(42)37-30)39(18-25)19-27(40)31-22(5)23-10-12-24(13-11-23)45-15-7-9-28(41)36-29(20(2)3)34(44)38-31/h10-13,20-22,25-27,29-31,40H,6-9,14-19H2,1-5H3,(H,35,43)(H,36,41)(H,37,42)(H,38,44). The Balaban J connectivity index is 1.60. The molecular weight excluding hydrogens is 590 g/mol. The van der Waals surface area contributed by atoms with Crippen molar-refractivity contribution in [3.8, 4) is 5.75 Å². The van der Waals surface area contributed by atoms with Crippen LogP contribution in [0.5, 0.6) is 5.75 Å². The summed E-state index contributed by atoms with van der Waals surface area (Å²) >= 11 is 0. The first-order valence-corrected chi connectivity index (χ1v) is 16.9. The summed E-state index contributed by atoms with van der Waals surface area (Å²) in [5.41, 5.74) is 0.898. The highest BCUT2D eigenvalue weighted by molar-refractivity contribution is 5.90. The topological polar surface area (TPSA) is 158 Å². The minimum Gasteiger partial charge on any atom is -0.494 e. The first-order chi connectivity index (χ1) is 22.0. The lowest BCUT2D eigenvalue weighted by molar-refractivity contribution is -0.133. The van der Waals surface area contributed by atoms with E-state index in [0.717, 1.165) is 12.0 Å². The van der Waals surface area contributed by atoms with Crippen molar-refractivity contribution in [3.05, 3.63) is 29.8 Å². The van der Waals surface area contributed by atoms with Gasteiger partial charge in [-0.05, 0) is 48.8 Å². The van der Waals surface area contributed by atoms with Gasteiger partial charge in [-0.15, -0.1) is 0 Å². The predicted molar refractivity (Wildman–Crippen MR) is 173 cm³/mol. The van der Waals surface area contributed by atoms with Gasteiger partial charge in [0, 0.05) is 38.6 Å². The number of carbonyl (C=O) groups excluding carboxylic acids is 4. The second-order valence-electron chi connectivity index (χ2n) is 13.4. The number of ether oxygens (including phenoxy) is 2. The fraction of sp³-hybridized carbons (Fsp3) is 0.706. The molecule has 12 heteroatoms. The highest BCUT2D eigenvalue weighted by atomic mass is 16.5. The van der Waals surface area contributed by atoms with E-state index in [9.17, 15) is 24.3 Å². The lowest BCUT2D eigenvalue weighted by atomic mass is 9.88. The molecule has 4 aliphatic rings. The number of nitrogens with one attached hydrogen (secondary N) is 4. The fourth-order valence-corrected chi connectivity index (χ4v) is 6.49. The summed E-state index contributed by atoms with van der Waals surface area (Å²) in [4.78, 5) is 55.1. The third kappa shape index (κ3) is 9.19. The van der Waals surface area contributed by atoms with Crippen molar-refractivity contribution < 1.29 is 33.8 Å². The molecule has 4 bridgehead atoms. The highest BCUT2D eigenvalue weighted by Gasteiger charge is 2.42. The van der Waals surface area contributed by atoms with Gasteiger partial charge < -0.3 is 35.8 Å². The molecule has 2 saturated heterocycles. The first kappa shape index (κ1) is 35.6. The van der Waals surface area contributed by atoms with Gasteiger partial charge in [0.25, 0.3) is 0 Å². The van der Waals surface area contributed by atoms with E-state index in [0.29, 0.717) is 51.3 Å². The number of hydrogen-bond acceptors (Lipinski definition) is 8. The van der Waals surface area contributed by atoms with Crippen LogP contribution < -0.4 is 26.0 Å². The summed E-state index contributed by atoms with van der Waals surface area (Å²) in [6, 6.07) is 4.74. The predicted octanol–water partition coefficient (Wildman–Crippen LogP) is 1.46. The molecule has 1 aromatic rings. The van der Waals surface area contributed by atoms with Crippen molar-refractivity contribution in [2.45, 2.75) is 109 Å². The van der Waals surface area contributed by atoms with Crippen LogP contribution in [-0.2, 0) is 23.9 Å². The van der Waals surface area contributed by atoms with Crippen LogP contribution in [0.2, 0.25) is 0 Å². The van der Waals surface area contributed by atoms with Crippen LogP contribution >= 0.6 is 0 Å². The number of aliphatic hydroxyl groups is 1. The van der Waals surface area contributed by atoms with E-state index in [-0.39, 0.29) is 60.5 Å². The molecule has 8 unspecified atom stereocenters. The van der Waals surface area contributed by atoms with Crippen molar-refractivity contribution in [2.24, 2.45) is 11.8 Å². The smallest absolute Gasteiger partial charge is 0.243 e. The van der Waals surface area contributed by atoms with Crippen LogP contribution in [0.4, 0.5) is 0 Å². The molecule has 4 amide bonds. The summed E-state index contributed by atoms with van der Waals surface area (Å²) in [5, 5.41) is 23.7. The molecule has 5 N–H and O–H groups in total. The van der Waals surface area contributed by atoms with Gasteiger partial charge in [0.1, 0.15) is 17.8 Å². The highest BCUT2D eigenvalue weighted by Crippen LogP contribution is 2.28. The number of β-amino-alcohol motifs (C(OH)–C–C–N with tert-alkyl or cyclic N) is 1. The molecule has 0 radical (unpaired) electrons. The minimum absolute atomic E-state index is 0.0596. The SMILES string of the molecule is CCC(C)C1NC(=O)C2CC(CN2CC(O)C2NC(=O)C(C(C)C)NC(=O)CCCOc3ccc(cc3)C2C)OCCCNC1=O. The summed E-state index contributed by atoms with van der Waals surface area (Å²) in [6.07, 6.45) is 1.25. The quantitative estimate of drug-likeness (QED) is 0.312. The van der Waals surface area contributed by atoms with Gasteiger partial charge in [-0.1, -0.05) is 53.2 Å². The average Bonchev–Trinajstić information content (AvgIpc) is 3.43. The Morgan fingerprint density at radius 3 is 2.37 bits per heavy atom. The van der Waals surface area contributed by atoms with Crippen molar-refractivity contribution in [2.75, 3.05) is 32.8 Å². The van der Waals surface area contributed by atoms with E-state index in [1.165, 1.54) is 0 Å². The summed E-state index contributed by atoms with van der Waals surface area (Å²) in [5.74, 6) is -0.997. The molecule has 0 aliphatic carbocycles. The van der Waals surface area contributed by atoms with Crippen molar-refractivity contribution >= 4 is 23.6 Å². The Hall–Kier alpha value is -3.22. The Morgan fingerprint density at radius 2 is 1.67 bits per heavy atom. The van der Waals surface area contributed by atoms with E-state index in [1.54, 1.807) is 0 Å². The van der Waals surface area contributed by atoms with Crippen LogP contribution in [0.25, 0.3) is 0 Å². The summed E-state index contributed by atoms with van der Waals surface area (Å²) in [7, 11) is 0. The van der Waals surface area contributed by atoms with Gasteiger partial charge in [0.2, 0.25) is 23.6 Å². The number of hydrogen-bond donors (Lipinski definition) is 5. The van der Waals surface area contributed by atoms with Crippen LogP contribution in [0.15, 0.2) is 24.3 Å². The Labute approximate surface area is 272 Å². The largest absolute Gasteiger partial charge is 0.494 e. The molecule has 12 nitrogen and oxygen atoms in total. The van der Waals surface area contributed by atoms with E-state index in [1.807, 2.05) is 63.8 Å². The number of benzene rings is 1. The van der Waals surface area contributed by atoms with Crippen LogP contribution in [0, 0.1) is 11.8 Å². The van der Waals surface area contributed by atoms with E-state index in [2.05, 4.69) is 21.3 Å². The second kappa shape index (κ2) is 16.6. The number of aliphatic hydroxyl groups excluding tert-OH is 1. The van der Waals surface area contributed by atoms with Gasteiger partial charge >= 0.3 is 0 Å².